The minimum Gasteiger partial charge on any atom is -0.479 e. The number of aryl methyl sites for hydroxylation is 1. The number of nitrogens with one attached hydrogen (secondary N) is 1. The average molecular weight is 525 g/mol. The Balaban J connectivity index is 1.16. The molecule has 2 aliphatic heterocycles. The topological polar surface area (TPSA) is 89.7 Å². The highest BCUT2D eigenvalue weighted by atomic mass is 16.5. The van der Waals surface area contributed by atoms with E-state index in [9.17, 15) is 4.79 Å². The Morgan fingerprint density at radius 1 is 1.00 bits per heavy atom. The highest BCUT2D eigenvalue weighted by Gasteiger charge is 2.31. The van der Waals surface area contributed by atoms with Crippen molar-refractivity contribution in [1.82, 2.24) is 15.0 Å². The molecule has 0 saturated carbocycles. The van der Waals surface area contributed by atoms with Crippen molar-refractivity contribution >= 4 is 11.6 Å². The Labute approximate surface area is 227 Å². The second-order valence-corrected chi connectivity index (χ2v) is 10.4. The summed E-state index contributed by atoms with van der Waals surface area (Å²) in [5.41, 5.74) is 5.20. The van der Waals surface area contributed by atoms with Gasteiger partial charge >= 0.3 is 0 Å². The molecule has 2 saturated heterocycles. The molecule has 4 aromatic rings. The summed E-state index contributed by atoms with van der Waals surface area (Å²) in [6.45, 7) is 6.66. The molecule has 2 aromatic carbocycles. The zero-order valence-electron chi connectivity index (χ0n) is 22.2. The van der Waals surface area contributed by atoms with Crippen molar-refractivity contribution in [2.75, 3.05) is 38.7 Å². The van der Waals surface area contributed by atoms with Crippen molar-refractivity contribution in [2.45, 2.75) is 19.9 Å². The summed E-state index contributed by atoms with van der Waals surface area (Å²) in [6, 6.07) is 21.7. The number of nitrogens with zero attached hydrogens (tertiary/aromatic N) is 3. The van der Waals surface area contributed by atoms with Crippen molar-refractivity contribution in [3.8, 4) is 28.4 Å². The summed E-state index contributed by atoms with van der Waals surface area (Å²) in [4.78, 5) is 20.5. The molecule has 2 atom stereocenters. The molecule has 39 heavy (non-hydrogen) atoms. The minimum absolute atomic E-state index is 0.335. The quantitative estimate of drug-likeness (QED) is 0.344. The molecule has 0 aliphatic carbocycles. The number of benzene rings is 2. The number of hydrogen-bond acceptors (Lipinski definition) is 7. The lowest BCUT2D eigenvalue weighted by Gasteiger charge is -2.41. The van der Waals surface area contributed by atoms with E-state index in [-0.39, 0.29) is 5.91 Å². The van der Waals surface area contributed by atoms with Crippen LogP contribution in [0.5, 0.6) is 5.88 Å². The lowest BCUT2D eigenvalue weighted by molar-refractivity contribution is -0.0425. The Hall–Kier alpha value is -4.01. The van der Waals surface area contributed by atoms with Gasteiger partial charge in [0.1, 0.15) is 22.7 Å². The molecule has 2 unspecified atom stereocenters. The van der Waals surface area contributed by atoms with E-state index in [4.69, 9.17) is 14.0 Å². The Morgan fingerprint density at radius 3 is 2.46 bits per heavy atom. The maximum Gasteiger partial charge on any atom is 0.261 e. The molecule has 2 aromatic heterocycles. The number of carbonyl (C=O) groups is 1. The molecule has 8 nitrogen and oxygen atoms in total. The third-order valence-electron chi connectivity index (χ3n) is 7.50. The number of hydrogen-bond donors (Lipinski definition) is 1. The largest absolute Gasteiger partial charge is 0.479 e. The van der Waals surface area contributed by atoms with E-state index < -0.39 is 0 Å². The zero-order chi connectivity index (χ0) is 26.8. The number of pyridine rings is 1. The molecule has 2 aliphatic rings. The van der Waals surface area contributed by atoms with E-state index in [1.54, 1.807) is 14.0 Å². The van der Waals surface area contributed by atoms with Gasteiger partial charge in [0.25, 0.3) is 5.91 Å². The van der Waals surface area contributed by atoms with Crippen LogP contribution < -0.4 is 10.1 Å². The van der Waals surface area contributed by atoms with Crippen LogP contribution in [0.3, 0.4) is 0 Å². The molecule has 200 valence electrons. The lowest BCUT2D eigenvalue weighted by atomic mass is 9.88. The Kier molecular flexibility index (Phi) is 7.13. The van der Waals surface area contributed by atoms with Gasteiger partial charge in [0.2, 0.25) is 5.88 Å². The normalized spacial score (nSPS) is 19.0. The van der Waals surface area contributed by atoms with Gasteiger partial charge in [-0.3, -0.25) is 9.69 Å². The number of piperidine rings is 1. The summed E-state index contributed by atoms with van der Waals surface area (Å²) in [5, 5.41) is 7.04. The van der Waals surface area contributed by atoms with Gasteiger partial charge in [-0.2, -0.15) is 0 Å². The highest BCUT2D eigenvalue weighted by Crippen LogP contribution is 2.31. The third-order valence-corrected chi connectivity index (χ3v) is 7.50. The van der Waals surface area contributed by atoms with Gasteiger partial charge < -0.3 is 19.3 Å². The highest BCUT2D eigenvalue weighted by molar-refractivity contribution is 6.09. The molecule has 8 heteroatoms. The van der Waals surface area contributed by atoms with E-state index >= 15 is 0 Å². The number of likely N-dealkylation sites (tertiary alicyclic amines) is 1. The standard InChI is InChI=1S/C31H32N4O4/c1-20-28(29(34-39-20)25-6-4-3-5-7-25)30(36)32-27-13-12-26(33-31(27)37-2)24-10-8-21(9-11-24)15-35-16-22-14-23(17-35)19-38-18-22/h3-13,22-23H,14-19H2,1-2H3,(H,32,36). The van der Waals surface area contributed by atoms with Crippen LogP contribution in [0.4, 0.5) is 5.69 Å². The summed E-state index contributed by atoms with van der Waals surface area (Å²) in [7, 11) is 1.55. The molecule has 1 N–H and O–H groups in total. The predicted octanol–water partition coefficient (Wildman–Crippen LogP) is 5.44. The summed E-state index contributed by atoms with van der Waals surface area (Å²) in [6.07, 6.45) is 1.30. The van der Waals surface area contributed by atoms with Gasteiger partial charge in [0.05, 0.1) is 26.0 Å². The maximum absolute atomic E-state index is 13.3. The molecule has 0 spiro atoms. The molecular formula is C31H32N4O4. The van der Waals surface area contributed by atoms with Gasteiger partial charge in [-0.05, 0) is 42.9 Å². The van der Waals surface area contributed by atoms with Crippen LogP contribution in [0.25, 0.3) is 22.5 Å². The van der Waals surface area contributed by atoms with Gasteiger partial charge in [0.15, 0.2) is 0 Å². The predicted molar refractivity (Wildman–Crippen MR) is 149 cm³/mol. The first-order valence-electron chi connectivity index (χ1n) is 13.3. The van der Waals surface area contributed by atoms with Crippen LogP contribution in [-0.2, 0) is 11.3 Å². The number of methoxy groups -OCH3 is 1. The van der Waals surface area contributed by atoms with Crippen molar-refractivity contribution in [3.05, 3.63) is 83.6 Å². The lowest BCUT2D eigenvalue weighted by Crippen LogP contribution is -2.46. The van der Waals surface area contributed by atoms with Crippen molar-refractivity contribution < 1.29 is 18.8 Å². The number of fused-ring (bicyclic) bond motifs is 2. The van der Waals surface area contributed by atoms with E-state index in [0.29, 0.717) is 40.4 Å². The Morgan fingerprint density at radius 2 is 1.74 bits per heavy atom. The number of carbonyl (C=O) groups excluding carboxylic acids is 1. The number of amides is 1. The fourth-order valence-electron chi connectivity index (χ4n) is 5.71. The van der Waals surface area contributed by atoms with E-state index in [2.05, 4.69) is 44.6 Å². The number of ether oxygens (including phenoxy) is 2. The van der Waals surface area contributed by atoms with Crippen molar-refractivity contribution in [1.29, 1.82) is 0 Å². The number of aromatic nitrogens is 2. The molecule has 6 rings (SSSR count). The summed E-state index contributed by atoms with van der Waals surface area (Å²) >= 11 is 0. The number of anilines is 1. The van der Waals surface area contributed by atoms with Crippen LogP contribution in [-0.4, -0.2) is 54.4 Å². The minimum atomic E-state index is -0.335. The van der Waals surface area contributed by atoms with E-state index in [0.717, 1.165) is 49.7 Å². The van der Waals surface area contributed by atoms with Crippen LogP contribution in [0.15, 0.2) is 71.3 Å². The fraction of sp³-hybridized carbons (Fsp3) is 0.323. The SMILES string of the molecule is COc1nc(-c2ccc(CN3CC4COCC(C4)C3)cc2)ccc1NC(=O)c1c(-c2ccccc2)noc1C. The van der Waals surface area contributed by atoms with Gasteiger partial charge in [-0.1, -0.05) is 59.8 Å². The van der Waals surface area contributed by atoms with E-state index in [1.165, 1.54) is 12.0 Å². The molecule has 1 amide bonds. The van der Waals surface area contributed by atoms with Crippen molar-refractivity contribution in [3.63, 3.8) is 0 Å². The first kappa shape index (κ1) is 25.3. The molecule has 2 fully saturated rings. The van der Waals surface area contributed by atoms with Crippen LogP contribution in [0.2, 0.25) is 0 Å². The zero-order valence-corrected chi connectivity index (χ0v) is 22.2. The van der Waals surface area contributed by atoms with Gasteiger partial charge in [-0.15, -0.1) is 0 Å². The second kappa shape index (κ2) is 11.0. The first-order valence-corrected chi connectivity index (χ1v) is 13.3. The smallest absolute Gasteiger partial charge is 0.261 e. The van der Waals surface area contributed by atoms with Crippen LogP contribution in [0, 0.1) is 18.8 Å². The van der Waals surface area contributed by atoms with Crippen LogP contribution in [0.1, 0.15) is 28.1 Å². The molecule has 4 heterocycles. The number of rotatable bonds is 7. The summed E-state index contributed by atoms with van der Waals surface area (Å²) < 4.78 is 16.6. The van der Waals surface area contributed by atoms with Crippen LogP contribution >= 0.6 is 0 Å². The molecular weight excluding hydrogens is 492 g/mol. The summed E-state index contributed by atoms with van der Waals surface area (Å²) in [5.74, 6) is 1.76. The average Bonchev–Trinajstić information content (AvgIpc) is 3.35. The third kappa shape index (κ3) is 5.44. The molecule has 0 radical (unpaired) electrons. The second-order valence-electron chi connectivity index (χ2n) is 10.4. The fourth-order valence-corrected chi connectivity index (χ4v) is 5.71. The van der Waals surface area contributed by atoms with Gasteiger partial charge in [-0.25, -0.2) is 4.98 Å². The Bertz CT molecular complexity index is 1440. The van der Waals surface area contributed by atoms with Crippen molar-refractivity contribution in [2.24, 2.45) is 11.8 Å². The van der Waals surface area contributed by atoms with E-state index in [1.807, 2.05) is 42.5 Å². The maximum atomic E-state index is 13.3. The first-order chi connectivity index (χ1) is 19.1. The van der Waals surface area contributed by atoms with Gasteiger partial charge in [0, 0.05) is 30.8 Å². The monoisotopic (exact) mass is 524 g/mol. The molecule has 2 bridgehead atoms.